The highest BCUT2D eigenvalue weighted by Gasteiger charge is 2.48. The summed E-state index contributed by atoms with van der Waals surface area (Å²) in [5.74, 6) is -0.576. The number of carboxylic acid groups (broad SMARTS) is 1. The summed E-state index contributed by atoms with van der Waals surface area (Å²) in [6.45, 7) is 4.33. The first-order valence-electron chi connectivity index (χ1n) is 4.98. The summed E-state index contributed by atoms with van der Waals surface area (Å²) < 4.78 is 5.46. The molecule has 0 aromatic rings. The lowest BCUT2D eigenvalue weighted by Gasteiger charge is -2.24. The van der Waals surface area contributed by atoms with Crippen molar-refractivity contribution in [3.8, 4) is 0 Å². The molecule has 1 rings (SSSR count). The molecule has 76 valence electrons. The van der Waals surface area contributed by atoms with E-state index in [1.165, 1.54) is 0 Å². The van der Waals surface area contributed by atoms with Gasteiger partial charge >= 0.3 is 5.97 Å². The van der Waals surface area contributed by atoms with Crippen LogP contribution in [-0.2, 0) is 9.53 Å². The van der Waals surface area contributed by atoms with E-state index in [0.717, 1.165) is 25.7 Å². The number of ether oxygens (including phenoxy) is 1. The summed E-state index contributed by atoms with van der Waals surface area (Å²) in [5, 5.41) is 9.02. The van der Waals surface area contributed by atoms with E-state index in [0.29, 0.717) is 6.61 Å². The fourth-order valence-electron chi connectivity index (χ4n) is 1.42. The van der Waals surface area contributed by atoms with Crippen molar-refractivity contribution in [2.75, 3.05) is 6.61 Å². The average molecular weight is 186 g/mol. The summed E-state index contributed by atoms with van der Waals surface area (Å²) in [6, 6.07) is 0. The number of carbonyl (C=O) groups is 1. The van der Waals surface area contributed by atoms with E-state index in [1.807, 2.05) is 0 Å². The van der Waals surface area contributed by atoms with Crippen LogP contribution in [0.15, 0.2) is 0 Å². The van der Waals surface area contributed by atoms with Crippen LogP contribution >= 0.6 is 0 Å². The van der Waals surface area contributed by atoms with Gasteiger partial charge in [0.05, 0.1) is 0 Å². The highest BCUT2D eigenvalue weighted by Crippen LogP contribution is 2.42. The average Bonchev–Trinajstić information content (AvgIpc) is 2.86. The fraction of sp³-hybridized carbons (Fsp3) is 0.900. The minimum absolute atomic E-state index is 0.238. The van der Waals surface area contributed by atoms with Crippen LogP contribution in [0.4, 0.5) is 0 Å². The van der Waals surface area contributed by atoms with Gasteiger partial charge in [0, 0.05) is 6.61 Å². The molecular weight excluding hydrogens is 168 g/mol. The predicted molar refractivity (Wildman–Crippen MR) is 49.6 cm³/mol. The first kappa shape index (κ1) is 10.5. The van der Waals surface area contributed by atoms with Gasteiger partial charge in [-0.25, -0.2) is 4.79 Å². The normalized spacial score (nSPS) is 21.1. The Balaban J connectivity index is 2.42. The lowest BCUT2D eigenvalue weighted by atomic mass is 10.0. The number of hydrogen-bond acceptors (Lipinski definition) is 2. The Morgan fingerprint density at radius 1 is 1.62 bits per heavy atom. The van der Waals surface area contributed by atoms with Gasteiger partial charge in [0.1, 0.15) is 0 Å². The Morgan fingerprint density at radius 3 is 2.62 bits per heavy atom. The Hall–Kier alpha value is -0.570. The Kier molecular flexibility index (Phi) is 3.31. The molecule has 0 aliphatic heterocycles. The molecule has 1 aliphatic carbocycles. The minimum Gasteiger partial charge on any atom is -0.479 e. The molecule has 1 unspecified atom stereocenters. The van der Waals surface area contributed by atoms with E-state index >= 15 is 0 Å². The Bertz CT molecular complexity index is 187. The van der Waals surface area contributed by atoms with Gasteiger partial charge in [0.15, 0.2) is 5.60 Å². The van der Waals surface area contributed by atoms with Crippen molar-refractivity contribution in [3.63, 3.8) is 0 Å². The Labute approximate surface area is 79.1 Å². The first-order chi connectivity index (χ1) is 6.11. The van der Waals surface area contributed by atoms with Crippen LogP contribution in [0.1, 0.15) is 39.5 Å². The van der Waals surface area contributed by atoms with E-state index in [9.17, 15) is 4.79 Å². The zero-order valence-corrected chi connectivity index (χ0v) is 8.38. The standard InChI is InChI=1S/C10H18O3/c1-3-4-7-13-10(2,9(11)12)8-5-6-8/h8H,3-7H2,1-2H3,(H,11,12). The predicted octanol–water partition coefficient (Wildman–Crippen LogP) is 2.06. The maximum absolute atomic E-state index is 11.0. The molecule has 1 fully saturated rings. The van der Waals surface area contributed by atoms with Gasteiger partial charge in [-0.15, -0.1) is 0 Å². The smallest absolute Gasteiger partial charge is 0.335 e. The minimum atomic E-state index is -0.921. The molecule has 1 saturated carbocycles. The molecular formula is C10H18O3. The quantitative estimate of drug-likeness (QED) is 0.646. The number of hydrogen-bond donors (Lipinski definition) is 1. The van der Waals surface area contributed by atoms with Crippen LogP contribution in [0.3, 0.4) is 0 Å². The van der Waals surface area contributed by atoms with E-state index < -0.39 is 11.6 Å². The summed E-state index contributed by atoms with van der Waals surface area (Å²) in [4.78, 5) is 11.0. The lowest BCUT2D eigenvalue weighted by Crippen LogP contribution is -2.40. The van der Waals surface area contributed by atoms with E-state index in [2.05, 4.69) is 6.92 Å². The Morgan fingerprint density at radius 2 is 2.23 bits per heavy atom. The molecule has 0 amide bonds. The van der Waals surface area contributed by atoms with Crippen molar-refractivity contribution in [2.24, 2.45) is 5.92 Å². The van der Waals surface area contributed by atoms with Crippen LogP contribution in [0.2, 0.25) is 0 Å². The number of aliphatic carboxylic acids is 1. The van der Waals surface area contributed by atoms with Crippen molar-refractivity contribution in [1.82, 2.24) is 0 Å². The van der Waals surface area contributed by atoms with E-state index in [-0.39, 0.29) is 5.92 Å². The van der Waals surface area contributed by atoms with Gasteiger partial charge < -0.3 is 9.84 Å². The number of rotatable bonds is 6. The summed E-state index contributed by atoms with van der Waals surface area (Å²) in [5.41, 5.74) is -0.921. The topological polar surface area (TPSA) is 46.5 Å². The molecule has 0 radical (unpaired) electrons. The van der Waals surface area contributed by atoms with Crippen LogP contribution in [0, 0.1) is 5.92 Å². The molecule has 1 aliphatic rings. The second-order valence-corrected chi connectivity index (χ2v) is 3.89. The van der Waals surface area contributed by atoms with Crippen molar-refractivity contribution >= 4 is 5.97 Å². The highest BCUT2D eigenvalue weighted by molar-refractivity contribution is 5.77. The zero-order valence-electron chi connectivity index (χ0n) is 8.38. The van der Waals surface area contributed by atoms with Gasteiger partial charge in [-0.1, -0.05) is 13.3 Å². The molecule has 0 spiro atoms. The van der Waals surface area contributed by atoms with Crippen LogP contribution in [0.5, 0.6) is 0 Å². The van der Waals surface area contributed by atoms with Gasteiger partial charge in [-0.3, -0.25) is 0 Å². The monoisotopic (exact) mass is 186 g/mol. The van der Waals surface area contributed by atoms with Crippen molar-refractivity contribution in [2.45, 2.75) is 45.1 Å². The van der Waals surface area contributed by atoms with Crippen LogP contribution in [-0.4, -0.2) is 23.3 Å². The molecule has 1 atom stereocenters. The van der Waals surface area contributed by atoms with Crippen molar-refractivity contribution in [1.29, 1.82) is 0 Å². The highest BCUT2D eigenvalue weighted by atomic mass is 16.5. The maximum atomic E-state index is 11.0. The van der Waals surface area contributed by atoms with Gasteiger partial charge in [-0.05, 0) is 32.1 Å². The first-order valence-corrected chi connectivity index (χ1v) is 4.98. The molecule has 0 bridgehead atoms. The fourth-order valence-corrected chi connectivity index (χ4v) is 1.42. The molecule has 0 aromatic heterocycles. The molecule has 1 N–H and O–H groups in total. The molecule has 3 nitrogen and oxygen atoms in total. The SMILES string of the molecule is CCCCOC(C)(C(=O)O)C1CC1. The van der Waals surface area contributed by atoms with E-state index in [1.54, 1.807) is 6.92 Å². The lowest BCUT2D eigenvalue weighted by molar-refractivity contribution is -0.166. The third kappa shape index (κ3) is 2.44. The summed E-state index contributed by atoms with van der Waals surface area (Å²) in [7, 11) is 0. The van der Waals surface area contributed by atoms with Gasteiger partial charge in [0.25, 0.3) is 0 Å². The van der Waals surface area contributed by atoms with E-state index in [4.69, 9.17) is 9.84 Å². The molecule has 0 saturated heterocycles. The second kappa shape index (κ2) is 4.09. The molecule has 3 heteroatoms. The third-order valence-corrected chi connectivity index (χ3v) is 2.68. The van der Waals surface area contributed by atoms with Gasteiger partial charge in [-0.2, -0.15) is 0 Å². The largest absolute Gasteiger partial charge is 0.479 e. The van der Waals surface area contributed by atoms with Crippen molar-refractivity contribution < 1.29 is 14.6 Å². The molecule has 13 heavy (non-hydrogen) atoms. The molecule has 0 heterocycles. The van der Waals surface area contributed by atoms with Crippen LogP contribution in [0.25, 0.3) is 0 Å². The zero-order chi connectivity index (χ0) is 9.90. The molecule has 0 aromatic carbocycles. The second-order valence-electron chi connectivity index (χ2n) is 3.89. The summed E-state index contributed by atoms with van der Waals surface area (Å²) >= 11 is 0. The van der Waals surface area contributed by atoms with Crippen molar-refractivity contribution in [3.05, 3.63) is 0 Å². The number of carboxylic acids is 1. The van der Waals surface area contributed by atoms with Gasteiger partial charge in [0.2, 0.25) is 0 Å². The van der Waals surface area contributed by atoms with Crippen LogP contribution < -0.4 is 0 Å². The summed E-state index contributed by atoms with van der Waals surface area (Å²) in [6.07, 6.45) is 3.97. The number of unbranched alkanes of at least 4 members (excludes halogenated alkanes) is 1. The third-order valence-electron chi connectivity index (χ3n) is 2.68. The maximum Gasteiger partial charge on any atom is 0.335 e.